The van der Waals surface area contributed by atoms with Crippen molar-refractivity contribution in [2.24, 2.45) is 17.6 Å². The van der Waals surface area contributed by atoms with Crippen LogP contribution in [0.1, 0.15) is 24.0 Å². The molecular formula is C14H16F3N. The second-order valence-corrected chi connectivity index (χ2v) is 5.58. The van der Waals surface area contributed by atoms with Gasteiger partial charge in [-0.15, -0.1) is 0 Å². The van der Waals surface area contributed by atoms with Gasteiger partial charge in [0.15, 0.2) is 0 Å². The van der Waals surface area contributed by atoms with E-state index in [1.54, 1.807) is 0 Å². The summed E-state index contributed by atoms with van der Waals surface area (Å²) >= 11 is 0. The summed E-state index contributed by atoms with van der Waals surface area (Å²) in [5.41, 5.74) is 5.94. The summed E-state index contributed by atoms with van der Waals surface area (Å²) in [7, 11) is 0. The number of benzene rings is 1. The van der Waals surface area contributed by atoms with Crippen LogP contribution in [0.3, 0.4) is 0 Å². The fourth-order valence-corrected chi connectivity index (χ4v) is 3.70. The van der Waals surface area contributed by atoms with Gasteiger partial charge in [-0.25, -0.2) is 0 Å². The lowest BCUT2D eigenvalue weighted by atomic mass is 9.79. The molecule has 1 aromatic rings. The maximum atomic E-state index is 13.3. The minimum Gasteiger partial charge on any atom is -0.317 e. The molecule has 0 heterocycles. The Bertz CT molecular complexity index is 433. The van der Waals surface area contributed by atoms with Gasteiger partial charge in [0.2, 0.25) is 0 Å². The summed E-state index contributed by atoms with van der Waals surface area (Å²) in [4.78, 5) is 0. The summed E-state index contributed by atoms with van der Waals surface area (Å²) in [6.45, 7) is 0. The Morgan fingerprint density at radius 1 is 1.00 bits per heavy atom. The van der Waals surface area contributed by atoms with Crippen molar-refractivity contribution in [3.05, 3.63) is 35.4 Å². The zero-order valence-electron chi connectivity index (χ0n) is 10.0. The Labute approximate surface area is 104 Å². The standard InChI is InChI=1S/C14H16F3N/c15-14(16,17)13(18)11-5-6-12(13)8-10-4-2-1-3-9(10)7-11/h1-4,11-12H,5-8,18H2. The van der Waals surface area contributed by atoms with Crippen LogP contribution in [-0.2, 0) is 12.8 Å². The Hall–Kier alpha value is -1.03. The predicted octanol–water partition coefficient (Wildman–Crippen LogP) is 3.07. The van der Waals surface area contributed by atoms with Gasteiger partial charge in [0, 0.05) is 0 Å². The maximum absolute atomic E-state index is 13.3. The minimum absolute atomic E-state index is 0.461. The van der Waals surface area contributed by atoms with Crippen molar-refractivity contribution in [1.29, 1.82) is 0 Å². The Morgan fingerprint density at radius 3 is 1.83 bits per heavy atom. The average molecular weight is 255 g/mol. The molecule has 1 fully saturated rings. The van der Waals surface area contributed by atoms with E-state index in [2.05, 4.69) is 0 Å². The van der Waals surface area contributed by atoms with Gasteiger partial charge in [-0.05, 0) is 48.6 Å². The van der Waals surface area contributed by atoms with Gasteiger partial charge < -0.3 is 5.73 Å². The third-order valence-electron chi connectivity index (χ3n) is 4.76. The average Bonchev–Trinajstić information content (AvgIpc) is 2.52. The lowest BCUT2D eigenvalue weighted by Gasteiger charge is -2.37. The van der Waals surface area contributed by atoms with Gasteiger partial charge in [0.05, 0.1) is 0 Å². The summed E-state index contributed by atoms with van der Waals surface area (Å²) in [6.07, 6.45) is -2.20. The highest BCUT2D eigenvalue weighted by Gasteiger charge is 2.63. The van der Waals surface area contributed by atoms with Crippen LogP contribution < -0.4 is 5.73 Å². The van der Waals surface area contributed by atoms with E-state index >= 15 is 0 Å². The molecule has 2 unspecified atom stereocenters. The molecule has 0 aromatic heterocycles. The first-order valence-electron chi connectivity index (χ1n) is 6.35. The molecule has 0 spiro atoms. The number of rotatable bonds is 0. The molecule has 0 saturated heterocycles. The van der Waals surface area contributed by atoms with Crippen molar-refractivity contribution in [1.82, 2.24) is 0 Å². The molecule has 2 atom stereocenters. The van der Waals surface area contributed by atoms with Crippen molar-refractivity contribution in [3.63, 3.8) is 0 Å². The van der Waals surface area contributed by atoms with E-state index in [0.29, 0.717) is 25.7 Å². The van der Waals surface area contributed by atoms with Crippen LogP contribution >= 0.6 is 0 Å². The van der Waals surface area contributed by atoms with Gasteiger partial charge in [-0.2, -0.15) is 13.2 Å². The molecule has 0 aliphatic heterocycles. The van der Waals surface area contributed by atoms with Crippen molar-refractivity contribution in [2.75, 3.05) is 0 Å². The Kier molecular flexibility index (Phi) is 2.49. The van der Waals surface area contributed by atoms with Gasteiger partial charge in [-0.3, -0.25) is 0 Å². The molecule has 2 N–H and O–H groups in total. The number of fused-ring (bicyclic) bond motifs is 3. The molecular weight excluding hydrogens is 239 g/mol. The van der Waals surface area contributed by atoms with Crippen molar-refractivity contribution in [3.8, 4) is 0 Å². The quantitative estimate of drug-likeness (QED) is 0.757. The largest absolute Gasteiger partial charge is 0.406 e. The second kappa shape index (κ2) is 3.73. The first kappa shape index (κ1) is 12.0. The maximum Gasteiger partial charge on any atom is 0.406 e. The van der Waals surface area contributed by atoms with E-state index in [1.807, 2.05) is 24.3 Å². The second-order valence-electron chi connectivity index (χ2n) is 5.58. The minimum atomic E-state index is -4.30. The topological polar surface area (TPSA) is 26.0 Å². The van der Waals surface area contributed by atoms with Crippen LogP contribution in [0, 0.1) is 11.8 Å². The molecule has 2 bridgehead atoms. The highest BCUT2D eigenvalue weighted by Crippen LogP contribution is 2.52. The molecule has 4 heteroatoms. The summed E-state index contributed by atoms with van der Waals surface area (Å²) in [5, 5.41) is 0. The zero-order valence-corrected chi connectivity index (χ0v) is 10.0. The molecule has 98 valence electrons. The number of hydrogen-bond donors (Lipinski definition) is 1. The third-order valence-corrected chi connectivity index (χ3v) is 4.76. The lowest BCUT2D eigenvalue weighted by molar-refractivity contribution is -0.206. The number of nitrogens with two attached hydrogens (primary N) is 1. The highest BCUT2D eigenvalue weighted by atomic mass is 19.4. The summed E-state index contributed by atoms with van der Waals surface area (Å²) in [6, 6.07) is 7.66. The SMILES string of the molecule is NC1(C(F)(F)F)C2CCC1Cc1ccccc1C2. The van der Waals surface area contributed by atoms with E-state index in [1.165, 1.54) is 0 Å². The van der Waals surface area contributed by atoms with Crippen LogP contribution in [0.25, 0.3) is 0 Å². The van der Waals surface area contributed by atoms with Crippen LogP contribution in [-0.4, -0.2) is 11.7 Å². The number of alkyl halides is 3. The van der Waals surface area contributed by atoms with E-state index in [9.17, 15) is 13.2 Å². The molecule has 1 saturated carbocycles. The molecule has 2 aliphatic carbocycles. The fourth-order valence-electron chi connectivity index (χ4n) is 3.70. The van der Waals surface area contributed by atoms with Crippen LogP contribution in [0.15, 0.2) is 24.3 Å². The van der Waals surface area contributed by atoms with Crippen LogP contribution in [0.4, 0.5) is 13.2 Å². The normalized spacial score (nSPS) is 35.1. The number of hydrogen-bond acceptors (Lipinski definition) is 1. The number of halogens is 3. The zero-order chi connectivity index (χ0) is 13.0. The van der Waals surface area contributed by atoms with Crippen LogP contribution in [0.2, 0.25) is 0 Å². The molecule has 0 radical (unpaired) electrons. The smallest absolute Gasteiger partial charge is 0.317 e. The van der Waals surface area contributed by atoms with Gasteiger partial charge in [-0.1, -0.05) is 24.3 Å². The van der Waals surface area contributed by atoms with E-state index in [4.69, 9.17) is 5.73 Å². The van der Waals surface area contributed by atoms with Gasteiger partial charge >= 0.3 is 6.18 Å². The van der Waals surface area contributed by atoms with E-state index in [-0.39, 0.29) is 0 Å². The Morgan fingerprint density at radius 2 is 1.44 bits per heavy atom. The first-order valence-corrected chi connectivity index (χ1v) is 6.35. The lowest BCUT2D eigenvalue weighted by Crippen LogP contribution is -2.60. The fraction of sp³-hybridized carbons (Fsp3) is 0.571. The molecule has 1 nitrogen and oxygen atoms in total. The molecule has 3 rings (SSSR count). The summed E-state index contributed by atoms with van der Waals surface area (Å²) in [5.74, 6) is -0.933. The molecule has 1 aromatic carbocycles. The Balaban J connectivity index is 2.06. The molecule has 18 heavy (non-hydrogen) atoms. The molecule has 2 aliphatic rings. The van der Waals surface area contributed by atoms with Crippen molar-refractivity contribution < 1.29 is 13.2 Å². The highest BCUT2D eigenvalue weighted by molar-refractivity contribution is 5.32. The molecule has 0 amide bonds. The third kappa shape index (κ3) is 1.51. The summed E-state index contributed by atoms with van der Waals surface area (Å²) < 4.78 is 40.0. The van der Waals surface area contributed by atoms with E-state index in [0.717, 1.165) is 11.1 Å². The van der Waals surface area contributed by atoms with E-state index < -0.39 is 23.6 Å². The van der Waals surface area contributed by atoms with Crippen LogP contribution in [0.5, 0.6) is 0 Å². The van der Waals surface area contributed by atoms with Crippen molar-refractivity contribution in [2.45, 2.75) is 37.4 Å². The van der Waals surface area contributed by atoms with Gasteiger partial charge in [0.25, 0.3) is 0 Å². The van der Waals surface area contributed by atoms with Crippen molar-refractivity contribution >= 4 is 0 Å². The predicted molar refractivity (Wildman–Crippen MR) is 63.0 cm³/mol. The monoisotopic (exact) mass is 255 g/mol. The van der Waals surface area contributed by atoms with Gasteiger partial charge in [0.1, 0.15) is 5.54 Å². The first-order chi connectivity index (χ1) is 8.43.